The van der Waals surface area contributed by atoms with E-state index >= 15 is 0 Å². The number of carbonyl (C=O) groups excluding carboxylic acids is 3. The van der Waals surface area contributed by atoms with Crippen molar-refractivity contribution in [2.75, 3.05) is 35.8 Å². The molecular formula is C34H41N9O6. The number of nitrogens with zero attached hydrogens (tertiary/aromatic N) is 4. The standard InChI is InChI=1S/C34H41N9O6/c1-7-47-31-16-28(38-22(4)44)13-10-25(31)19-35-41-34(42-36-20-26-11-14-29(39-23(5)45)17-32(26)48-8-2)43-37-21-27-12-15-30(40-24(6)46)18-33(27)49-9-3/h10-21H,7-9H2,1-6H3,(H,38,44)(H,39,45)(H,40,46)(H2,41,42,43)/b35-19+,36-20+,37-21+. The van der Waals surface area contributed by atoms with Crippen LogP contribution >= 0.6 is 0 Å². The predicted octanol–water partition coefficient (Wildman–Crippen LogP) is 4.70. The molecule has 49 heavy (non-hydrogen) atoms. The number of hydrogen-bond donors (Lipinski definition) is 5. The second-order valence-electron chi connectivity index (χ2n) is 10.0. The number of ether oxygens (including phenoxy) is 3. The molecule has 0 heterocycles. The van der Waals surface area contributed by atoms with E-state index in [0.717, 1.165) is 0 Å². The zero-order chi connectivity index (χ0) is 35.6. The zero-order valence-corrected chi connectivity index (χ0v) is 28.3. The van der Waals surface area contributed by atoms with Crippen molar-refractivity contribution in [3.05, 3.63) is 71.3 Å². The van der Waals surface area contributed by atoms with Crippen LogP contribution in [0.15, 0.2) is 75.0 Å². The van der Waals surface area contributed by atoms with Gasteiger partial charge in [-0.15, -0.1) is 5.10 Å². The summed E-state index contributed by atoms with van der Waals surface area (Å²) in [6.07, 6.45) is 4.53. The van der Waals surface area contributed by atoms with Gasteiger partial charge in [-0.2, -0.15) is 15.3 Å². The molecule has 5 N–H and O–H groups in total. The third-order valence-electron chi connectivity index (χ3n) is 6.00. The molecule has 0 aromatic heterocycles. The first-order valence-corrected chi connectivity index (χ1v) is 15.4. The number of benzene rings is 3. The molecular weight excluding hydrogens is 630 g/mol. The summed E-state index contributed by atoms with van der Waals surface area (Å²) in [7, 11) is 0. The van der Waals surface area contributed by atoms with Crippen molar-refractivity contribution < 1.29 is 28.6 Å². The first-order chi connectivity index (χ1) is 23.6. The van der Waals surface area contributed by atoms with Gasteiger partial charge in [0, 0.05) is 72.7 Å². The fraction of sp³-hybridized carbons (Fsp3) is 0.265. The monoisotopic (exact) mass is 671 g/mol. The van der Waals surface area contributed by atoms with Crippen molar-refractivity contribution in [2.24, 2.45) is 20.4 Å². The Balaban J connectivity index is 1.91. The number of amides is 3. The summed E-state index contributed by atoms with van der Waals surface area (Å²) in [4.78, 5) is 34.5. The van der Waals surface area contributed by atoms with E-state index in [4.69, 9.17) is 14.2 Å². The van der Waals surface area contributed by atoms with E-state index in [1.807, 2.05) is 20.8 Å². The third kappa shape index (κ3) is 12.8. The molecule has 3 aromatic carbocycles. The molecule has 0 fully saturated rings. The second-order valence-corrected chi connectivity index (χ2v) is 10.0. The van der Waals surface area contributed by atoms with Crippen molar-refractivity contribution in [2.45, 2.75) is 41.5 Å². The minimum Gasteiger partial charge on any atom is -0.493 e. The Labute approximate surface area is 284 Å². The molecule has 0 spiro atoms. The van der Waals surface area contributed by atoms with Crippen molar-refractivity contribution >= 4 is 59.4 Å². The lowest BCUT2D eigenvalue weighted by molar-refractivity contribution is -0.115. The highest BCUT2D eigenvalue weighted by atomic mass is 16.5. The number of hydrazone groups is 2. The van der Waals surface area contributed by atoms with Gasteiger partial charge in [0.05, 0.1) is 38.5 Å². The maximum atomic E-state index is 11.5. The van der Waals surface area contributed by atoms with Crippen LogP contribution in [-0.4, -0.2) is 62.1 Å². The van der Waals surface area contributed by atoms with E-state index in [9.17, 15) is 14.4 Å². The van der Waals surface area contributed by atoms with E-state index in [1.54, 1.807) is 54.6 Å². The molecule has 0 bridgehead atoms. The molecule has 0 aliphatic rings. The van der Waals surface area contributed by atoms with Crippen LogP contribution in [0, 0.1) is 0 Å². The number of nitrogens with one attached hydrogen (secondary N) is 5. The van der Waals surface area contributed by atoms with Crippen molar-refractivity contribution in [3.63, 3.8) is 0 Å². The molecule has 0 atom stereocenters. The molecule has 3 rings (SSSR count). The van der Waals surface area contributed by atoms with Crippen LogP contribution < -0.4 is 41.0 Å². The van der Waals surface area contributed by atoms with Crippen LogP contribution in [0.2, 0.25) is 0 Å². The Morgan fingerprint density at radius 2 is 0.918 bits per heavy atom. The molecule has 0 saturated heterocycles. The first kappa shape index (κ1) is 37.2. The molecule has 3 aromatic rings. The average molecular weight is 672 g/mol. The van der Waals surface area contributed by atoms with E-state index in [0.29, 0.717) is 70.8 Å². The largest absolute Gasteiger partial charge is 0.493 e. The van der Waals surface area contributed by atoms with Crippen LogP contribution in [-0.2, 0) is 14.4 Å². The summed E-state index contributed by atoms with van der Waals surface area (Å²) >= 11 is 0. The van der Waals surface area contributed by atoms with Crippen molar-refractivity contribution in [1.82, 2.24) is 10.9 Å². The van der Waals surface area contributed by atoms with Crippen LogP contribution in [0.5, 0.6) is 17.2 Å². The summed E-state index contributed by atoms with van der Waals surface area (Å²) in [5.74, 6) is 0.977. The summed E-state index contributed by atoms with van der Waals surface area (Å²) in [6.45, 7) is 11.0. The van der Waals surface area contributed by atoms with E-state index in [2.05, 4.69) is 47.2 Å². The van der Waals surface area contributed by atoms with Gasteiger partial charge in [-0.25, -0.2) is 10.9 Å². The Hall–Kier alpha value is -6.25. The number of carbonyl (C=O) groups is 3. The lowest BCUT2D eigenvalue weighted by Crippen LogP contribution is -2.30. The summed E-state index contributed by atoms with van der Waals surface area (Å²) in [6, 6.07) is 15.5. The fourth-order valence-electron chi connectivity index (χ4n) is 4.15. The van der Waals surface area contributed by atoms with Crippen LogP contribution in [0.4, 0.5) is 17.1 Å². The maximum Gasteiger partial charge on any atom is 0.257 e. The first-order valence-electron chi connectivity index (χ1n) is 15.4. The molecule has 258 valence electrons. The molecule has 0 aliphatic heterocycles. The third-order valence-corrected chi connectivity index (χ3v) is 6.00. The number of hydrogen-bond acceptors (Lipinski definition) is 10. The maximum absolute atomic E-state index is 11.5. The minimum absolute atomic E-state index is 0.0530. The van der Waals surface area contributed by atoms with E-state index in [-0.39, 0.29) is 23.7 Å². The van der Waals surface area contributed by atoms with Crippen LogP contribution in [0.1, 0.15) is 58.2 Å². The molecule has 0 unspecified atom stereocenters. The molecule has 3 amide bonds. The Kier molecular flexibility index (Phi) is 14.7. The average Bonchev–Trinajstić information content (AvgIpc) is 3.03. The molecule has 15 heteroatoms. The quantitative estimate of drug-likeness (QED) is 0.0874. The number of anilines is 3. The highest BCUT2D eigenvalue weighted by molar-refractivity contribution is 5.94. The van der Waals surface area contributed by atoms with Crippen molar-refractivity contribution in [1.29, 1.82) is 0 Å². The van der Waals surface area contributed by atoms with Gasteiger partial charge >= 0.3 is 0 Å². The van der Waals surface area contributed by atoms with Gasteiger partial charge in [0.2, 0.25) is 17.7 Å². The van der Waals surface area contributed by atoms with Gasteiger partial charge < -0.3 is 30.2 Å². The molecule has 0 aliphatic carbocycles. The van der Waals surface area contributed by atoms with Gasteiger partial charge in [0.1, 0.15) is 17.2 Å². The molecule has 0 saturated carbocycles. The number of rotatable bonds is 15. The van der Waals surface area contributed by atoms with Crippen LogP contribution in [0.25, 0.3) is 0 Å². The smallest absolute Gasteiger partial charge is 0.257 e. The van der Waals surface area contributed by atoms with Gasteiger partial charge in [-0.05, 0) is 57.2 Å². The van der Waals surface area contributed by atoms with Gasteiger partial charge in [0.15, 0.2) is 0 Å². The lowest BCUT2D eigenvalue weighted by atomic mass is 10.2. The summed E-state index contributed by atoms with van der Waals surface area (Å²) < 4.78 is 17.2. The molecule has 15 nitrogen and oxygen atoms in total. The summed E-state index contributed by atoms with van der Waals surface area (Å²) in [5, 5.41) is 25.2. The summed E-state index contributed by atoms with van der Waals surface area (Å²) in [5.41, 5.74) is 9.23. The lowest BCUT2D eigenvalue weighted by Gasteiger charge is -2.10. The van der Waals surface area contributed by atoms with Gasteiger partial charge in [0.25, 0.3) is 5.96 Å². The van der Waals surface area contributed by atoms with Crippen molar-refractivity contribution in [3.8, 4) is 17.2 Å². The Bertz CT molecular complexity index is 1650. The van der Waals surface area contributed by atoms with Gasteiger partial charge in [-0.3, -0.25) is 14.4 Å². The fourth-order valence-corrected chi connectivity index (χ4v) is 4.15. The highest BCUT2D eigenvalue weighted by Crippen LogP contribution is 2.24. The minimum atomic E-state index is -0.203. The number of guanidine groups is 1. The Morgan fingerprint density at radius 3 is 1.24 bits per heavy atom. The second kappa shape index (κ2) is 19.4. The SMILES string of the molecule is CCOc1cc(NC(C)=O)ccc1/C=N/N=C(N/N=C/c1ccc(NC(C)=O)cc1OCC)N/N=C/c1ccc(NC(C)=O)cc1OCC. The predicted molar refractivity (Wildman–Crippen MR) is 192 cm³/mol. The zero-order valence-electron chi connectivity index (χ0n) is 28.3. The molecule has 0 radical (unpaired) electrons. The van der Waals surface area contributed by atoms with Gasteiger partial charge in [-0.1, -0.05) is 0 Å². The normalized spacial score (nSPS) is 10.9. The van der Waals surface area contributed by atoms with Crippen LogP contribution in [0.3, 0.4) is 0 Å². The Morgan fingerprint density at radius 1 is 0.571 bits per heavy atom. The van der Waals surface area contributed by atoms with E-state index < -0.39 is 0 Å². The topological polar surface area (TPSA) is 188 Å². The highest BCUT2D eigenvalue weighted by Gasteiger charge is 2.08. The van der Waals surface area contributed by atoms with E-state index in [1.165, 1.54) is 39.4 Å².